The van der Waals surface area contributed by atoms with Crippen LogP contribution in [0.4, 0.5) is 10.1 Å². The minimum atomic E-state index is -0.232. The minimum absolute atomic E-state index is 0.232. The molecule has 0 aromatic heterocycles. The van der Waals surface area contributed by atoms with Gasteiger partial charge < -0.3 is 14.8 Å². The van der Waals surface area contributed by atoms with Crippen LogP contribution in [0.5, 0.6) is 11.5 Å². The third-order valence-corrected chi connectivity index (χ3v) is 2.95. The fourth-order valence-electron chi connectivity index (χ4n) is 1.97. The quantitative estimate of drug-likeness (QED) is 0.918. The topological polar surface area (TPSA) is 30.5 Å². The lowest BCUT2D eigenvalue weighted by molar-refractivity contribution is 0.171. The molecule has 4 heteroatoms. The number of benzene rings is 2. The van der Waals surface area contributed by atoms with Crippen LogP contribution >= 0.6 is 0 Å². The highest BCUT2D eigenvalue weighted by Gasteiger charge is 2.11. The van der Waals surface area contributed by atoms with E-state index >= 15 is 0 Å². The third kappa shape index (κ3) is 2.78. The molecule has 3 nitrogen and oxygen atoms in total. The Balaban J connectivity index is 1.68. The van der Waals surface area contributed by atoms with E-state index in [-0.39, 0.29) is 5.82 Å². The molecule has 1 aliphatic heterocycles. The first kappa shape index (κ1) is 11.8. The van der Waals surface area contributed by atoms with Crippen LogP contribution in [0, 0.1) is 5.82 Å². The van der Waals surface area contributed by atoms with E-state index in [1.54, 1.807) is 12.1 Å². The number of rotatable bonds is 3. The molecule has 0 fully saturated rings. The SMILES string of the molecule is Fc1ccc(NCc2ccc3c(c2)OCCO3)cc1. The maximum Gasteiger partial charge on any atom is 0.161 e. The molecule has 0 atom stereocenters. The van der Waals surface area contributed by atoms with E-state index in [0.717, 1.165) is 22.7 Å². The van der Waals surface area contributed by atoms with E-state index in [1.165, 1.54) is 12.1 Å². The highest BCUT2D eigenvalue weighted by molar-refractivity contribution is 5.47. The van der Waals surface area contributed by atoms with Crippen molar-refractivity contribution in [3.8, 4) is 11.5 Å². The lowest BCUT2D eigenvalue weighted by atomic mass is 10.2. The second-order valence-electron chi connectivity index (χ2n) is 4.34. The standard InChI is InChI=1S/C15H14FNO2/c16-12-2-4-13(5-3-12)17-10-11-1-6-14-15(9-11)19-8-7-18-14/h1-6,9,17H,7-8,10H2. The Morgan fingerprint density at radius 2 is 1.68 bits per heavy atom. The second kappa shape index (κ2) is 5.18. The van der Waals surface area contributed by atoms with Gasteiger partial charge in [0.05, 0.1) is 0 Å². The first-order valence-electron chi connectivity index (χ1n) is 6.19. The number of anilines is 1. The number of halogens is 1. The number of nitrogens with one attached hydrogen (secondary N) is 1. The number of fused-ring (bicyclic) bond motifs is 1. The van der Waals surface area contributed by atoms with Crippen LogP contribution in [0.1, 0.15) is 5.56 Å². The molecule has 0 bridgehead atoms. The molecule has 0 amide bonds. The number of hydrogen-bond donors (Lipinski definition) is 1. The van der Waals surface area contributed by atoms with E-state index in [2.05, 4.69) is 5.32 Å². The molecular formula is C15H14FNO2. The molecule has 1 N–H and O–H groups in total. The van der Waals surface area contributed by atoms with Crippen molar-refractivity contribution in [2.45, 2.75) is 6.54 Å². The van der Waals surface area contributed by atoms with Crippen LogP contribution in [0.25, 0.3) is 0 Å². The van der Waals surface area contributed by atoms with Crippen molar-refractivity contribution < 1.29 is 13.9 Å². The molecule has 2 aromatic carbocycles. The summed E-state index contributed by atoms with van der Waals surface area (Å²) in [5, 5.41) is 3.23. The number of hydrogen-bond acceptors (Lipinski definition) is 3. The molecule has 2 aromatic rings. The fourth-order valence-corrected chi connectivity index (χ4v) is 1.97. The van der Waals surface area contributed by atoms with E-state index in [1.807, 2.05) is 18.2 Å². The zero-order chi connectivity index (χ0) is 13.1. The van der Waals surface area contributed by atoms with Gasteiger partial charge in [-0.25, -0.2) is 4.39 Å². The summed E-state index contributed by atoms with van der Waals surface area (Å²) in [5.74, 6) is 1.34. The summed E-state index contributed by atoms with van der Waals surface area (Å²) in [6.07, 6.45) is 0. The monoisotopic (exact) mass is 259 g/mol. The zero-order valence-electron chi connectivity index (χ0n) is 10.4. The number of ether oxygens (including phenoxy) is 2. The van der Waals surface area contributed by atoms with Gasteiger partial charge in [0.15, 0.2) is 11.5 Å². The predicted octanol–water partition coefficient (Wildman–Crippen LogP) is 3.21. The largest absolute Gasteiger partial charge is 0.486 e. The Kier molecular flexibility index (Phi) is 3.23. The molecule has 1 aliphatic rings. The molecule has 0 unspecified atom stereocenters. The van der Waals surface area contributed by atoms with Crippen molar-refractivity contribution in [3.05, 3.63) is 53.8 Å². The van der Waals surface area contributed by atoms with Gasteiger partial charge in [0.25, 0.3) is 0 Å². The van der Waals surface area contributed by atoms with Gasteiger partial charge in [-0.15, -0.1) is 0 Å². The average Bonchev–Trinajstić information content (AvgIpc) is 2.46. The van der Waals surface area contributed by atoms with E-state index in [0.29, 0.717) is 19.8 Å². The maximum atomic E-state index is 12.8. The molecule has 0 saturated heterocycles. The Morgan fingerprint density at radius 3 is 2.47 bits per heavy atom. The molecule has 3 rings (SSSR count). The maximum absolute atomic E-state index is 12.8. The fraction of sp³-hybridized carbons (Fsp3) is 0.200. The average molecular weight is 259 g/mol. The summed E-state index contributed by atoms with van der Waals surface area (Å²) >= 11 is 0. The van der Waals surface area contributed by atoms with Crippen molar-refractivity contribution >= 4 is 5.69 Å². The lowest BCUT2D eigenvalue weighted by Gasteiger charge is -2.19. The van der Waals surface area contributed by atoms with Gasteiger partial charge in [0.1, 0.15) is 19.0 Å². The normalized spacial score (nSPS) is 13.1. The highest BCUT2D eigenvalue weighted by atomic mass is 19.1. The van der Waals surface area contributed by atoms with Crippen molar-refractivity contribution in [2.24, 2.45) is 0 Å². The predicted molar refractivity (Wildman–Crippen MR) is 71.2 cm³/mol. The van der Waals surface area contributed by atoms with Gasteiger partial charge in [-0.05, 0) is 42.0 Å². The van der Waals surface area contributed by atoms with Crippen LogP contribution in [0.2, 0.25) is 0 Å². The highest BCUT2D eigenvalue weighted by Crippen LogP contribution is 2.30. The molecule has 0 radical (unpaired) electrons. The van der Waals surface area contributed by atoms with Gasteiger partial charge in [0.2, 0.25) is 0 Å². The molecule has 0 saturated carbocycles. The zero-order valence-corrected chi connectivity index (χ0v) is 10.4. The molecule has 1 heterocycles. The summed E-state index contributed by atoms with van der Waals surface area (Å²) in [5.41, 5.74) is 1.98. The summed E-state index contributed by atoms with van der Waals surface area (Å²) in [6.45, 7) is 1.84. The Labute approximate surface area is 111 Å². The van der Waals surface area contributed by atoms with Crippen molar-refractivity contribution in [3.63, 3.8) is 0 Å². The Hall–Kier alpha value is -2.23. The van der Waals surface area contributed by atoms with Crippen molar-refractivity contribution in [1.82, 2.24) is 0 Å². The molecule has 19 heavy (non-hydrogen) atoms. The van der Waals surface area contributed by atoms with Gasteiger partial charge >= 0.3 is 0 Å². The first-order valence-corrected chi connectivity index (χ1v) is 6.19. The lowest BCUT2D eigenvalue weighted by Crippen LogP contribution is -2.15. The molecule has 0 aliphatic carbocycles. The van der Waals surface area contributed by atoms with Gasteiger partial charge in [-0.3, -0.25) is 0 Å². The van der Waals surface area contributed by atoms with Gasteiger partial charge in [0, 0.05) is 12.2 Å². The van der Waals surface area contributed by atoms with Crippen LogP contribution in [-0.2, 0) is 6.54 Å². The van der Waals surface area contributed by atoms with Gasteiger partial charge in [-0.2, -0.15) is 0 Å². The third-order valence-electron chi connectivity index (χ3n) is 2.95. The first-order chi connectivity index (χ1) is 9.31. The summed E-state index contributed by atoms with van der Waals surface area (Å²) in [6, 6.07) is 12.2. The molecule has 0 spiro atoms. The summed E-state index contributed by atoms with van der Waals surface area (Å²) in [7, 11) is 0. The van der Waals surface area contributed by atoms with Crippen LogP contribution < -0.4 is 14.8 Å². The van der Waals surface area contributed by atoms with Gasteiger partial charge in [-0.1, -0.05) is 6.07 Å². The van der Waals surface area contributed by atoms with E-state index < -0.39 is 0 Å². The van der Waals surface area contributed by atoms with Crippen molar-refractivity contribution in [1.29, 1.82) is 0 Å². The Morgan fingerprint density at radius 1 is 0.947 bits per heavy atom. The molecule has 98 valence electrons. The van der Waals surface area contributed by atoms with E-state index in [9.17, 15) is 4.39 Å². The Bertz CT molecular complexity index is 569. The summed E-state index contributed by atoms with van der Waals surface area (Å²) < 4.78 is 23.8. The summed E-state index contributed by atoms with van der Waals surface area (Å²) in [4.78, 5) is 0. The van der Waals surface area contributed by atoms with Crippen LogP contribution in [0.3, 0.4) is 0 Å². The molecular weight excluding hydrogens is 245 g/mol. The second-order valence-corrected chi connectivity index (χ2v) is 4.34. The van der Waals surface area contributed by atoms with Crippen molar-refractivity contribution in [2.75, 3.05) is 18.5 Å². The van der Waals surface area contributed by atoms with E-state index in [4.69, 9.17) is 9.47 Å². The van der Waals surface area contributed by atoms with Crippen LogP contribution in [0.15, 0.2) is 42.5 Å². The smallest absolute Gasteiger partial charge is 0.161 e. The minimum Gasteiger partial charge on any atom is -0.486 e. The van der Waals surface area contributed by atoms with Crippen LogP contribution in [-0.4, -0.2) is 13.2 Å².